The number of urea groups is 1. The summed E-state index contributed by atoms with van der Waals surface area (Å²) in [5, 5.41) is 12.4. The number of carbonyl (C=O) groups is 1. The van der Waals surface area contributed by atoms with Gasteiger partial charge in [0.2, 0.25) is 0 Å². The zero-order valence-electron chi connectivity index (χ0n) is 11.6. The highest BCUT2D eigenvalue weighted by atomic mass is 79.9. The van der Waals surface area contributed by atoms with Gasteiger partial charge >= 0.3 is 6.03 Å². The van der Waals surface area contributed by atoms with Gasteiger partial charge in [0.15, 0.2) is 0 Å². The van der Waals surface area contributed by atoms with Crippen LogP contribution in [0.2, 0.25) is 0 Å². The topological polar surface area (TPSA) is 61.8 Å². The molecule has 0 aliphatic carbocycles. The summed E-state index contributed by atoms with van der Waals surface area (Å²) < 4.78 is 5.89. The Hall–Kier alpha value is -1.27. The molecule has 1 aromatic carbocycles. The van der Waals surface area contributed by atoms with Crippen molar-refractivity contribution in [3.05, 3.63) is 22.7 Å². The second kappa shape index (κ2) is 6.45. The van der Waals surface area contributed by atoms with E-state index < -0.39 is 0 Å². The molecule has 20 heavy (non-hydrogen) atoms. The van der Waals surface area contributed by atoms with Crippen LogP contribution < -0.4 is 10.1 Å². The van der Waals surface area contributed by atoms with E-state index in [0.717, 1.165) is 16.6 Å². The number of nitrogens with zero attached hydrogens (tertiary/aromatic N) is 1. The number of methoxy groups -OCH3 is 1. The minimum Gasteiger partial charge on any atom is -0.497 e. The number of hydrogen-bond acceptors (Lipinski definition) is 3. The third-order valence-corrected chi connectivity index (χ3v) is 4.27. The monoisotopic (exact) mass is 342 g/mol. The van der Waals surface area contributed by atoms with Crippen LogP contribution in [0, 0.1) is 5.92 Å². The summed E-state index contributed by atoms with van der Waals surface area (Å²) in [4.78, 5) is 13.9. The van der Waals surface area contributed by atoms with Gasteiger partial charge in [-0.25, -0.2) is 4.79 Å². The molecular formula is C14H19BrN2O3. The lowest BCUT2D eigenvalue weighted by Crippen LogP contribution is -2.34. The second-order valence-corrected chi connectivity index (χ2v) is 5.87. The highest BCUT2D eigenvalue weighted by Gasteiger charge is 2.29. The number of anilines is 1. The number of aliphatic hydroxyl groups excluding tert-OH is 1. The van der Waals surface area contributed by atoms with Crippen molar-refractivity contribution in [1.29, 1.82) is 0 Å². The van der Waals surface area contributed by atoms with Crippen LogP contribution in [0.5, 0.6) is 5.75 Å². The van der Waals surface area contributed by atoms with Gasteiger partial charge in [0, 0.05) is 23.5 Å². The molecule has 0 saturated carbocycles. The molecule has 1 saturated heterocycles. The Morgan fingerprint density at radius 2 is 2.35 bits per heavy atom. The number of hydrogen-bond donors (Lipinski definition) is 2. The molecule has 2 rings (SSSR count). The smallest absolute Gasteiger partial charge is 0.321 e. The van der Waals surface area contributed by atoms with Crippen molar-refractivity contribution in [3.8, 4) is 5.75 Å². The largest absolute Gasteiger partial charge is 0.497 e. The molecule has 1 aliphatic heterocycles. The lowest BCUT2D eigenvalue weighted by atomic mass is 10.0. The molecule has 1 fully saturated rings. The van der Waals surface area contributed by atoms with Crippen LogP contribution in [-0.4, -0.2) is 42.3 Å². The summed E-state index contributed by atoms with van der Waals surface area (Å²) >= 11 is 3.41. The van der Waals surface area contributed by atoms with Crippen molar-refractivity contribution >= 4 is 27.6 Å². The molecule has 0 spiro atoms. The Kier molecular flexibility index (Phi) is 4.88. The minimum atomic E-state index is -0.375. The number of halogens is 1. The summed E-state index contributed by atoms with van der Waals surface area (Å²) in [5.74, 6) is 0.894. The molecule has 6 heteroatoms. The number of nitrogens with one attached hydrogen (secondary N) is 1. The van der Waals surface area contributed by atoms with Crippen LogP contribution in [-0.2, 0) is 0 Å². The Morgan fingerprint density at radius 1 is 1.60 bits per heavy atom. The first kappa shape index (κ1) is 15.1. The zero-order valence-corrected chi connectivity index (χ0v) is 13.2. The number of ether oxygens (including phenoxy) is 1. The minimum absolute atomic E-state index is 0.140. The van der Waals surface area contributed by atoms with Crippen LogP contribution in [0.4, 0.5) is 10.5 Å². The van der Waals surface area contributed by atoms with E-state index >= 15 is 0 Å². The van der Waals surface area contributed by atoms with Gasteiger partial charge in [-0.05, 0) is 47.5 Å². The fourth-order valence-corrected chi connectivity index (χ4v) is 2.74. The SMILES string of the molecule is COc1ccc(NC(=O)N2CCC(C(C)O)C2)c(Br)c1. The molecule has 0 radical (unpaired) electrons. The predicted octanol–water partition coefficient (Wildman–Crippen LogP) is 2.69. The van der Waals surface area contributed by atoms with Crippen LogP contribution in [0.25, 0.3) is 0 Å². The van der Waals surface area contributed by atoms with Gasteiger partial charge in [0.1, 0.15) is 5.75 Å². The molecule has 1 aliphatic rings. The van der Waals surface area contributed by atoms with Crippen molar-refractivity contribution in [2.45, 2.75) is 19.4 Å². The van der Waals surface area contributed by atoms with Crippen molar-refractivity contribution in [2.24, 2.45) is 5.92 Å². The van der Waals surface area contributed by atoms with Gasteiger partial charge in [-0.15, -0.1) is 0 Å². The number of rotatable bonds is 3. The van der Waals surface area contributed by atoms with E-state index in [-0.39, 0.29) is 18.1 Å². The summed E-state index contributed by atoms with van der Waals surface area (Å²) in [6.45, 7) is 3.04. The molecule has 110 valence electrons. The summed E-state index contributed by atoms with van der Waals surface area (Å²) in [5.41, 5.74) is 0.705. The number of carbonyl (C=O) groups excluding carboxylic acids is 1. The van der Waals surface area contributed by atoms with Crippen molar-refractivity contribution < 1.29 is 14.6 Å². The number of aliphatic hydroxyl groups is 1. The highest BCUT2D eigenvalue weighted by Crippen LogP contribution is 2.28. The maximum Gasteiger partial charge on any atom is 0.321 e. The lowest BCUT2D eigenvalue weighted by Gasteiger charge is -2.19. The average Bonchev–Trinajstić information content (AvgIpc) is 2.91. The van der Waals surface area contributed by atoms with E-state index in [0.29, 0.717) is 18.8 Å². The summed E-state index contributed by atoms with van der Waals surface area (Å²) in [7, 11) is 1.60. The van der Waals surface area contributed by atoms with Crippen LogP contribution in [0.1, 0.15) is 13.3 Å². The van der Waals surface area contributed by atoms with Crippen molar-refractivity contribution in [1.82, 2.24) is 4.90 Å². The molecule has 2 unspecified atom stereocenters. The Morgan fingerprint density at radius 3 is 2.90 bits per heavy atom. The molecule has 2 atom stereocenters. The predicted molar refractivity (Wildman–Crippen MR) is 81.1 cm³/mol. The van der Waals surface area contributed by atoms with Gasteiger partial charge in [0.05, 0.1) is 18.9 Å². The van der Waals surface area contributed by atoms with E-state index in [9.17, 15) is 9.90 Å². The molecule has 5 nitrogen and oxygen atoms in total. The normalized spacial score (nSPS) is 19.8. The number of amides is 2. The van der Waals surface area contributed by atoms with E-state index in [1.54, 1.807) is 37.1 Å². The second-order valence-electron chi connectivity index (χ2n) is 5.01. The van der Waals surface area contributed by atoms with E-state index in [1.165, 1.54) is 0 Å². The quantitative estimate of drug-likeness (QED) is 0.887. The van der Waals surface area contributed by atoms with Crippen molar-refractivity contribution in [2.75, 3.05) is 25.5 Å². The molecule has 2 N–H and O–H groups in total. The van der Waals surface area contributed by atoms with Crippen LogP contribution in [0.3, 0.4) is 0 Å². The fraction of sp³-hybridized carbons (Fsp3) is 0.500. The summed E-state index contributed by atoms with van der Waals surface area (Å²) in [6, 6.07) is 5.25. The van der Waals surface area contributed by atoms with Crippen LogP contribution in [0.15, 0.2) is 22.7 Å². The first-order chi connectivity index (χ1) is 9.51. The Balaban J connectivity index is 1.98. The zero-order chi connectivity index (χ0) is 14.7. The molecule has 1 heterocycles. The standard InChI is InChI=1S/C14H19BrN2O3/c1-9(18)10-5-6-17(8-10)14(19)16-13-4-3-11(20-2)7-12(13)15/h3-4,7,9-10,18H,5-6,8H2,1-2H3,(H,16,19). The highest BCUT2D eigenvalue weighted by molar-refractivity contribution is 9.10. The molecule has 2 amide bonds. The third kappa shape index (κ3) is 3.43. The molecule has 1 aromatic rings. The van der Waals surface area contributed by atoms with Gasteiger partial charge in [0.25, 0.3) is 0 Å². The third-order valence-electron chi connectivity index (χ3n) is 3.61. The molecule has 0 bridgehead atoms. The van der Waals surface area contributed by atoms with Gasteiger partial charge in [-0.1, -0.05) is 0 Å². The first-order valence-electron chi connectivity index (χ1n) is 6.58. The molecular weight excluding hydrogens is 324 g/mol. The van der Waals surface area contributed by atoms with Gasteiger partial charge in [-0.3, -0.25) is 0 Å². The fourth-order valence-electron chi connectivity index (χ4n) is 2.28. The van der Waals surface area contributed by atoms with Gasteiger partial charge in [-0.2, -0.15) is 0 Å². The Labute approximate surface area is 127 Å². The van der Waals surface area contributed by atoms with E-state index in [2.05, 4.69) is 21.2 Å². The lowest BCUT2D eigenvalue weighted by molar-refractivity contribution is 0.130. The number of likely N-dealkylation sites (tertiary alicyclic amines) is 1. The van der Waals surface area contributed by atoms with Crippen molar-refractivity contribution in [3.63, 3.8) is 0 Å². The molecule has 0 aromatic heterocycles. The number of benzene rings is 1. The Bertz CT molecular complexity index is 493. The first-order valence-corrected chi connectivity index (χ1v) is 7.38. The maximum absolute atomic E-state index is 12.2. The van der Waals surface area contributed by atoms with Gasteiger partial charge < -0.3 is 20.1 Å². The maximum atomic E-state index is 12.2. The van der Waals surface area contributed by atoms with Crippen LogP contribution >= 0.6 is 15.9 Å². The summed E-state index contributed by atoms with van der Waals surface area (Å²) in [6.07, 6.45) is 0.468. The van der Waals surface area contributed by atoms with E-state index in [1.807, 2.05) is 0 Å². The van der Waals surface area contributed by atoms with E-state index in [4.69, 9.17) is 4.74 Å². The average molecular weight is 343 g/mol.